The molecule has 0 aromatic carbocycles. The number of fused-ring (bicyclic) bond motifs is 2. The average Bonchev–Trinajstić information content (AvgIpc) is 3.43. The lowest BCUT2D eigenvalue weighted by molar-refractivity contribution is 1.10. The van der Waals surface area contributed by atoms with E-state index in [-0.39, 0.29) is 0 Å². The molecule has 0 saturated carbocycles. The van der Waals surface area contributed by atoms with Gasteiger partial charge in [-0.2, -0.15) is 5.10 Å². The number of hydrogen-bond acceptors (Lipinski definition) is 6. The van der Waals surface area contributed by atoms with Crippen molar-refractivity contribution < 1.29 is 0 Å². The van der Waals surface area contributed by atoms with Gasteiger partial charge >= 0.3 is 0 Å². The van der Waals surface area contributed by atoms with Gasteiger partial charge in [0, 0.05) is 30.4 Å². The molecule has 2 N–H and O–H groups in total. The molecule has 0 amide bonds. The molecule has 6 aromatic rings. The van der Waals surface area contributed by atoms with Crippen LogP contribution in [0, 0.1) is 0 Å². The summed E-state index contributed by atoms with van der Waals surface area (Å²) in [4.78, 5) is 25.9. The van der Waals surface area contributed by atoms with Gasteiger partial charge in [-0.1, -0.05) is 6.07 Å². The van der Waals surface area contributed by atoms with Gasteiger partial charge in [-0.25, -0.2) is 9.97 Å². The molecule has 0 aliphatic heterocycles. The summed E-state index contributed by atoms with van der Waals surface area (Å²) in [5.74, 6) is 0.626. The minimum absolute atomic E-state index is 0.626. The quantitative estimate of drug-likeness (QED) is 0.472. The highest BCUT2D eigenvalue weighted by Crippen LogP contribution is 2.30. The first-order chi connectivity index (χ1) is 14.9. The molecule has 6 aromatic heterocycles. The van der Waals surface area contributed by atoms with Crippen molar-refractivity contribution in [2.75, 3.05) is 0 Å². The predicted octanol–water partition coefficient (Wildman–Crippen LogP) is 4.02. The Kier molecular flexibility index (Phi) is 3.60. The average molecular weight is 390 g/mol. The van der Waals surface area contributed by atoms with Crippen LogP contribution in [-0.2, 0) is 0 Å². The van der Waals surface area contributed by atoms with Crippen LogP contribution in [0.1, 0.15) is 0 Å². The third kappa shape index (κ3) is 2.62. The van der Waals surface area contributed by atoms with Gasteiger partial charge in [0.05, 0.1) is 22.4 Å². The number of nitrogens with zero attached hydrogens (tertiary/aromatic N) is 6. The normalized spacial score (nSPS) is 11.3. The van der Waals surface area contributed by atoms with E-state index < -0.39 is 0 Å². The summed E-state index contributed by atoms with van der Waals surface area (Å²) >= 11 is 0. The second-order valence-electron chi connectivity index (χ2n) is 6.76. The summed E-state index contributed by atoms with van der Waals surface area (Å²) in [7, 11) is 0. The highest BCUT2D eigenvalue weighted by atomic mass is 15.2. The Bertz CT molecular complexity index is 1490. The van der Waals surface area contributed by atoms with E-state index in [4.69, 9.17) is 9.97 Å². The first-order valence-electron chi connectivity index (χ1n) is 9.39. The van der Waals surface area contributed by atoms with E-state index in [9.17, 15) is 0 Å². The number of rotatable bonds is 3. The maximum atomic E-state index is 4.82. The Hall–Kier alpha value is -4.46. The predicted molar refractivity (Wildman–Crippen MR) is 113 cm³/mol. The van der Waals surface area contributed by atoms with Crippen molar-refractivity contribution in [1.82, 2.24) is 40.1 Å². The minimum Gasteiger partial charge on any atom is -0.336 e. The molecule has 0 saturated heterocycles. The third-order valence-corrected chi connectivity index (χ3v) is 4.92. The molecular formula is C22H14N8. The number of aromatic amines is 2. The Labute approximate surface area is 170 Å². The van der Waals surface area contributed by atoms with Crippen LogP contribution >= 0.6 is 0 Å². The highest BCUT2D eigenvalue weighted by molar-refractivity contribution is 5.94. The fourth-order valence-electron chi connectivity index (χ4n) is 3.49. The summed E-state index contributed by atoms with van der Waals surface area (Å²) in [6, 6.07) is 15.4. The van der Waals surface area contributed by atoms with Gasteiger partial charge in [0.25, 0.3) is 0 Å². The van der Waals surface area contributed by atoms with E-state index in [0.29, 0.717) is 11.5 Å². The zero-order valence-corrected chi connectivity index (χ0v) is 15.6. The first kappa shape index (κ1) is 16.5. The van der Waals surface area contributed by atoms with Gasteiger partial charge in [-0.3, -0.25) is 20.1 Å². The van der Waals surface area contributed by atoms with E-state index in [2.05, 4.69) is 30.1 Å². The Morgan fingerprint density at radius 1 is 0.633 bits per heavy atom. The van der Waals surface area contributed by atoms with Crippen LogP contribution in [0.2, 0.25) is 0 Å². The second-order valence-corrected chi connectivity index (χ2v) is 6.76. The molecule has 6 heterocycles. The van der Waals surface area contributed by atoms with Crippen LogP contribution in [0.4, 0.5) is 0 Å². The van der Waals surface area contributed by atoms with Crippen molar-refractivity contribution in [3.05, 3.63) is 73.3 Å². The zero-order valence-electron chi connectivity index (χ0n) is 15.6. The number of aromatic nitrogens is 8. The lowest BCUT2D eigenvalue weighted by atomic mass is 10.1. The number of pyridine rings is 4. The minimum atomic E-state index is 0.626. The summed E-state index contributed by atoms with van der Waals surface area (Å²) in [6.07, 6.45) is 7.00. The molecule has 0 bridgehead atoms. The molecule has 0 aliphatic rings. The Morgan fingerprint density at radius 2 is 1.53 bits per heavy atom. The maximum Gasteiger partial charge on any atom is 0.161 e. The van der Waals surface area contributed by atoms with Crippen LogP contribution in [0.5, 0.6) is 0 Å². The van der Waals surface area contributed by atoms with Gasteiger partial charge in [-0.15, -0.1) is 0 Å². The highest BCUT2D eigenvalue weighted by Gasteiger charge is 2.17. The van der Waals surface area contributed by atoms with Crippen LogP contribution < -0.4 is 0 Å². The van der Waals surface area contributed by atoms with Crippen LogP contribution in [-0.4, -0.2) is 40.1 Å². The Balaban J connectivity index is 1.52. The van der Waals surface area contributed by atoms with Crippen molar-refractivity contribution >= 4 is 22.1 Å². The van der Waals surface area contributed by atoms with E-state index in [1.807, 2.05) is 48.5 Å². The summed E-state index contributed by atoms with van der Waals surface area (Å²) in [5, 5.41) is 7.51. The second kappa shape index (κ2) is 6.56. The van der Waals surface area contributed by atoms with Crippen LogP contribution in [0.15, 0.2) is 73.3 Å². The summed E-state index contributed by atoms with van der Waals surface area (Å²) in [5.41, 5.74) is 7.18. The number of nitrogens with one attached hydrogen (secondary N) is 2. The van der Waals surface area contributed by atoms with Crippen molar-refractivity contribution in [1.29, 1.82) is 0 Å². The van der Waals surface area contributed by atoms with Gasteiger partial charge < -0.3 is 4.98 Å². The van der Waals surface area contributed by atoms with Crippen molar-refractivity contribution in [2.45, 2.75) is 0 Å². The largest absolute Gasteiger partial charge is 0.336 e. The number of H-pyrrole nitrogens is 2. The Morgan fingerprint density at radius 3 is 2.40 bits per heavy atom. The molecule has 30 heavy (non-hydrogen) atoms. The lowest BCUT2D eigenvalue weighted by Gasteiger charge is -2.00. The zero-order chi connectivity index (χ0) is 19.9. The van der Waals surface area contributed by atoms with Crippen molar-refractivity contribution in [3.63, 3.8) is 0 Å². The van der Waals surface area contributed by atoms with Crippen LogP contribution in [0.25, 0.3) is 56.2 Å². The topological polar surface area (TPSA) is 109 Å². The van der Waals surface area contributed by atoms with Gasteiger partial charge in [0.1, 0.15) is 16.7 Å². The van der Waals surface area contributed by atoms with Crippen molar-refractivity contribution in [2.24, 2.45) is 0 Å². The number of imidazole rings is 1. The fourth-order valence-corrected chi connectivity index (χ4v) is 3.49. The van der Waals surface area contributed by atoms with E-state index in [0.717, 1.165) is 44.7 Å². The molecule has 0 unspecified atom stereocenters. The number of hydrogen-bond donors (Lipinski definition) is 2. The molecular weight excluding hydrogens is 376 g/mol. The molecule has 0 aliphatic carbocycles. The van der Waals surface area contributed by atoms with Gasteiger partial charge in [0.15, 0.2) is 11.5 Å². The van der Waals surface area contributed by atoms with E-state index in [1.54, 1.807) is 24.8 Å². The molecule has 142 valence electrons. The SMILES string of the molecule is c1ccc(-c2nccc3[nH]c(-c4n[nH]c5ccc(-c6ccncc6)nc45)nc23)nc1. The molecule has 8 nitrogen and oxygen atoms in total. The third-order valence-electron chi connectivity index (χ3n) is 4.92. The molecule has 0 spiro atoms. The molecule has 0 fully saturated rings. The van der Waals surface area contributed by atoms with Crippen molar-refractivity contribution in [3.8, 4) is 34.2 Å². The van der Waals surface area contributed by atoms with E-state index in [1.165, 1.54) is 0 Å². The molecule has 0 atom stereocenters. The van der Waals surface area contributed by atoms with E-state index >= 15 is 0 Å². The monoisotopic (exact) mass is 390 g/mol. The molecule has 8 heteroatoms. The molecule has 0 radical (unpaired) electrons. The lowest BCUT2D eigenvalue weighted by Crippen LogP contribution is -1.88. The smallest absolute Gasteiger partial charge is 0.161 e. The van der Waals surface area contributed by atoms with Crippen LogP contribution in [0.3, 0.4) is 0 Å². The fraction of sp³-hybridized carbons (Fsp3) is 0. The molecule has 6 rings (SSSR count). The van der Waals surface area contributed by atoms with Gasteiger partial charge in [-0.05, 0) is 42.5 Å². The standard InChI is InChI=1S/C22H14N8/c1-2-9-24-15(3-1)18-19-16(8-12-25-18)27-22(28-19)21-20-17(29-30-21)5-4-14(26-20)13-6-10-23-11-7-13/h1-12H,(H,27,28)(H,29,30). The van der Waals surface area contributed by atoms with Gasteiger partial charge in [0.2, 0.25) is 0 Å². The first-order valence-corrected chi connectivity index (χ1v) is 9.39. The summed E-state index contributed by atoms with van der Waals surface area (Å²) < 4.78 is 0. The summed E-state index contributed by atoms with van der Waals surface area (Å²) in [6.45, 7) is 0. The maximum absolute atomic E-state index is 4.82.